The highest BCUT2D eigenvalue weighted by Crippen LogP contribution is 2.36. The summed E-state index contributed by atoms with van der Waals surface area (Å²) in [5.41, 5.74) is 1.53. The lowest BCUT2D eigenvalue weighted by Crippen LogP contribution is -2.50. The molecule has 0 aromatic heterocycles. The van der Waals surface area contributed by atoms with Crippen LogP contribution in [0.15, 0.2) is 24.3 Å². The van der Waals surface area contributed by atoms with Crippen LogP contribution in [0.25, 0.3) is 0 Å². The van der Waals surface area contributed by atoms with Crippen LogP contribution < -0.4 is 10.6 Å². The first-order chi connectivity index (χ1) is 14.8. The van der Waals surface area contributed by atoms with Gasteiger partial charge in [-0.1, -0.05) is 58.4 Å². The molecule has 3 rings (SSSR count). The van der Waals surface area contributed by atoms with E-state index < -0.39 is 11.6 Å². The van der Waals surface area contributed by atoms with Crippen molar-refractivity contribution in [3.05, 3.63) is 35.4 Å². The summed E-state index contributed by atoms with van der Waals surface area (Å²) in [4.78, 5) is 39.4. The third-order valence-corrected chi connectivity index (χ3v) is 6.82. The molecular weight excluding hydrogens is 390 g/mol. The van der Waals surface area contributed by atoms with E-state index in [2.05, 4.69) is 62.6 Å². The average molecular weight is 428 g/mol. The molecule has 0 bridgehead atoms. The van der Waals surface area contributed by atoms with Crippen LogP contribution in [0.4, 0.5) is 4.79 Å². The molecule has 6 heteroatoms. The zero-order chi connectivity index (χ0) is 22.6. The Morgan fingerprint density at radius 3 is 2.42 bits per heavy atom. The number of urea groups is 1. The number of nitrogens with zero attached hydrogens (tertiary/aromatic N) is 1. The van der Waals surface area contributed by atoms with Crippen LogP contribution in [0.2, 0.25) is 0 Å². The van der Waals surface area contributed by atoms with Gasteiger partial charge in [0, 0.05) is 0 Å². The number of hydrogen-bond donors (Lipinski definition) is 2. The highest BCUT2D eigenvalue weighted by atomic mass is 16.2. The molecule has 4 amide bonds. The van der Waals surface area contributed by atoms with E-state index in [0.717, 1.165) is 42.6 Å². The largest absolute Gasteiger partial charge is 0.347 e. The highest BCUT2D eigenvalue weighted by Gasteiger charge is 2.52. The Balaban J connectivity index is 1.64. The molecule has 1 atom stereocenters. The Bertz CT molecular complexity index is 795. The van der Waals surface area contributed by atoms with Gasteiger partial charge in [-0.3, -0.25) is 14.5 Å². The van der Waals surface area contributed by atoms with Gasteiger partial charge in [0.25, 0.3) is 5.91 Å². The SMILES string of the molecule is CCCCc1ccc(C(NC(=O)CN2C(=O)NC3(CCC(C)CC3)C2=O)C(C)C)cc1. The molecule has 1 spiro atoms. The van der Waals surface area contributed by atoms with Gasteiger partial charge in [-0.2, -0.15) is 0 Å². The number of carbonyl (C=O) groups excluding carboxylic acids is 3. The second-order valence-electron chi connectivity index (χ2n) is 9.72. The van der Waals surface area contributed by atoms with Gasteiger partial charge in [0.1, 0.15) is 12.1 Å². The Morgan fingerprint density at radius 2 is 1.84 bits per heavy atom. The van der Waals surface area contributed by atoms with Crippen molar-refractivity contribution in [2.45, 2.75) is 84.2 Å². The summed E-state index contributed by atoms with van der Waals surface area (Å²) in [5.74, 6) is 0.187. The van der Waals surface area contributed by atoms with Crippen molar-refractivity contribution in [3.8, 4) is 0 Å². The standard InChI is InChI=1S/C25H37N3O3/c1-5-6-7-19-8-10-20(11-9-19)22(17(2)3)26-21(29)16-28-23(30)25(27-24(28)31)14-12-18(4)13-15-25/h8-11,17-18,22H,5-7,12-16H2,1-4H3,(H,26,29)(H,27,31). The topological polar surface area (TPSA) is 78.5 Å². The van der Waals surface area contributed by atoms with E-state index in [1.807, 2.05) is 0 Å². The maximum atomic E-state index is 13.0. The first-order valence-electron chi connectivity index (χ1n) is 11.8. The summed E-state index contributed by atoms with van der Waals surface area (Å²) < 4.78 is 0. The predicted octanol–water partition coefficient (Wildman–Crippen LogP) is 4.34. The molecule has 1 aromatic rings. The van der Waals surface area contributed by atoms with Gasteiger partial charge in [0.15, 0.2) is 0 Å². The molecule has 6 nitrogen and oxygen atoms in total. The number of benzene rings is 1. The van der Waals surface area contributed by atoms with Crippen molar-refractivity contribution in [3.63, 3.8) is 0 Å². The number of amides is 4. The Labute approximate surface area is 186 Å². The molecule has 1 heterocycles. The maximum absolute atomic E-state index is 13.0. The van der Waals surface area contributed by atoms with E-state index in [-0.39, 0.29) is 30.3 Å². The summed E-state index contributed by atoms with van der Waals surface area (Å²) in [6.45, 7) is 8.23. The Morgan fingerprint density at radius 1 is 1.19 bits per heavy atom. The first kappa shape index (κ1) is 23.3. The number of nitrogens with one attached hydrogen (secondary N) is 2. The number of rotatable bonds is 8. The number of carbonyl (C=O) groups is 3. The minimum absolute atomic E-state index is 0.169. The lowest BCUT2D eigenvalue weighted by Gasteiger charge is -2.33. The van der Waals surface area contributed by atoms with Gasteiger partial charge < -0.3 is 10.6 Å². The van der Waals surface area contributed by atoms with Crippen LogP contribution >= 0.6 is 0 Å². The van der Waals surface area contributed by atoms with Gasteiger partial charge in [-0.25, -0.2) is 4.79 Å². The molecule has 2 aliphatic rings. The monoisotopic (exact) mass is 427 g/mol. The third-order valence-electron chi connectivity index (χ3n) is 6.82. The smallest absolute Gasteiger partial charge is 0.325 e. The van der Waals surface area contributed by atoms with Crippen molar-refractivity contribution in [1.82, 2.24) is 15.5 Å². The maximum Gasteiger partial charge on any atom is 0.325 e. The van der Waals surface area contributed by atoms with Gasteiger partial charge in [-0.15, -0.1) is 0 Å². The fraction of sp³-hybridized carbons (Fsp3) is 0.640. The zero-order valence-electron chi connectivity index (χ0n) is 19.4. The van der Waals surface area contributed by atoms with Gasteiger partial charge in [0.05, 0.1) is 6.04 Å². The number of hydrogen-bond acceptors (Lipinski definition) is 3. The first-order valence-corrected chi connectivity index (χ1v) is 11.8. The van der Waals surface area contributed by atoms with Crippen LogP contribution in [0.3, 0.4) is 0 Å². The number of aryl methyl sites for hydroxylation is 1. The second-order valence-corrected chi connectivity index (χ2v) is 9.72. The fourth-order valence-corrected chi connectivity index (χ4v) is 4.68. The van der Waals surface area contributed by atoms with E-state index >= 15 is 0 Å². The lowest BCUT2D eigenvalue weighted by atomic mass is 9.77. The summed E-state index contributed by atoms with van der Waals surface area (Å²) in [5, 5.41) is 5.93. The van der Waals surface area contributed by atoms with Gasteiger partial charge in [0.2, 0.25) is 5.91 Å². The molecule has 1 aliphatic heterocycles. The van der Waals surface area contributed by atoms with Crippen LogP contribution in [0, 0.1) is 11.8 Å². The van der Waals surface area contributed by atoms with Crippen LogP contribution in [-0.2, 0) is 16.0 Å². The van der Waals surface area contributed by atoms with Crippen molar-refractivity contribution in [2.75, 3.05) is 6.54 Å². The van der Waals surface area contributed by atoms with E-state index in [9.17, 15) is 14.4 Å². The van der Waals surface area contributed by atoms with Crippen molar-refractivity contribution in [2.24, 2.45) is 11.8 Å². The molecule has 2 N–H and O–H groups in total. The zero-order valence-corrected chi connectivity index (χ0v) is 19.4. The minimum Gasteiger partial charge on any atom is -0.347 e. The van der Waals surface area contributed by atoms with Crippen LogP contribution in [-0.4, -0.2) is 34.8 Å². The molecule has 31 heavy (non-hydrogen) atoms. The fourth-order valence-electron chi connectivity index (χ4n) is 4.68. The summed E-state index contributed by atoms with van der Waals surface area (Å²) in [7, 11) is 0. The number of imide groups is 1. The normalized spacial score (nSPS) is 24.5. The van der Waals surface area contributed by atoms with Crippen LogP contribution in [0.1, 0.15) is 83.4 Å². The van der Waals surface area contributed by atoms with E-state index in [4.69, 9.17) is 0 Å². The van der Waals surface area contributed by atoms with Gasteiger partial charge in [-0.05, 0) is 61.5 Å². The summed E-state index contributed by atoms with van der Waals surface area (Å²) in [6.07, 6.45) is 6.50. The summed E-state index contributed by atoms with van der Waals surface area (Å²) in [6, 6.07) is 7.77. The molecule has 1 saturated heterocycles. The molecule has 170 valence electrons. The van der Waals surface area contributed by atoms with E-state index in [1.54, 1.807) is 0 Å². The molecule has 2 fully saturated rings. The Kier molecular flexibility index (Phi) is 7.39. The molecular formula is C25H37N3O3. The van der Waals surface area contributed by atoms with Crippen molar-refractivity contribution < 1.29 is 14.4 Å². The molecule has 1 saturated carbocycles. The molecule has 0 radical (unpaired) electrons. The summed E-state index contributed by atoms with van der Waals surface area (Å²) >= 11 is 0. The third kappa shape index (κ3) is 5.28. The average Bonchev–Trinajstić information content (AvgIpc) is 2.97. The molecule has 1 aromatic carbocycles. The van der Waals surface area contributed by atoms with Crippen molar-refractivity contribution in [1.29, 1.82) is 0 Å². The van der Waals surface area contributed by atoms with Gasteiger partial charge >= 0.3 is 6.03 Å². The molecule has 1 unspecified atom stereocenters. The van der Waals surface area contributed by atoms with E-state index in [0.29, 0.717) is 18.8 Å². The lowest BCUT2D eigenvalue weighted by molar-refractivity contribution is -0.136. The van der Waals surface area contributed by atoms with Crippen molar-refractivity contribution >= 4 is 17.8 Å². The Hall–Kier alpha value is -2.37. The molecule has 1 aliphatic carbocycles. The van der Waals surface area contributed by atoms with Crippen LogP contribution in [0.5, 0.6) is 0 Å². The quantitative estimate of drug-likeness (QED) is 0.606. The number of unbranched alkanes of at least 4 members (excludes halogenated alkanes) is 1. The van der Waals surface area contributed by atoms with E-state index in [1.165, 1.54) is 5.56 Å². The second kappa shape index (κ2) is 9.84. The predicted molar refractivity (Wildman–Crippen MR) is 121 cm³/mol. The highest BCUT2D eigenvalue weighted by molar-refractivity contribution is 6.09. The minimum atomic E-state index is -0.810.